The zero-order valence-electron chi connectivity index (χ0n) is 15.0. The molecule has 1 aromatic heterocycles. The van der Waals surface area contributed by atoms with E-state index in [1.165, 1.54) is 87.8 Å². The van der Waals surface area contributed by atoms with Crippen molar-refractivity contribution in [3.8, 4) is 0 Å². The predicted molar refractivity (Wildman–Crippen MR) is 109 cm³/mol. The number of aromatic nitrogens is 2. The number of unbranched alkanes of at least 4 members (excludes halogenated alkanes) is 10. The lowest BCUT2D eigenvalue weighted by Gasteiger charge is -1.99. The van der Waals surface area contributed by atoms with Gasteiger partial charge in [-0.3, -0.25) is 0 Å². The predicted octanol–water partition coefficient (Wildman–Crippen LogP) is 7.54. The highest BCUT2D eigenvalue weighted by atomic mass is 33.1. The molecule has 0 radical (unpaired) electrons. The Labute approximate surface area is 155 Å². The molecule has 0 fully saturated rings. The molecule has 5 heteroatoms. The first-order valence-corrected chi connectivity index (χ1v) is 12.6. The van der Waals surface area contributed by atoms with Gasteiger partial charge in [-0.2, -0.15) is 0 Å². The molecule has 23 heavy (non-hydrogen) atoms. The van der Waals surface area contributed by atoms with Crippen LogP contribution in [0.2, 0.25) is 0 Å². The maximum atomic E-state index is 4.33. The van der Waals surface area contributed by atoms with Gasteiger partial charge < -0.3 is 0 Å². The molecule has 0 bridgehead atoms. The molecule has 0 atom stereocenters. The summed E-state index contributed by atoms with van der Waals surface area (Å²) < 4.78 is 1.14. The molecule has 134 valence electrons. The minimum Gasteiger partial charge on any atom is -0.143 e. The number of rotatable bonds is 16. The third kappa shape index (κ3) is 12.3. The molecule has 0 saturated carbocycles. The van der Waals surface area contributed by atoms with Crippen LogP contribution in [-0.4, -0.2) is 16.0 Å². The van der Waals surface area contributed by atoms with E-state index in [0.29, 0.717) is 0 Å². The van der Waals surface area contributed by atoms with Crippen LogP contribution in [0.5, 0.6) is 0 Å². The van der Waals surface area contributed by atoms with Gasteiger partial charge in [-0.25, -0.2) is 0 Å². The molecule has 0 aromatic carbocycles. The smallest absolute Gasteiger partial charge is 0.143 e. The summed E-state index contributed by atoms with van der Waals surface area (Å²) in [6.07, 6.45) is 17.5. The van der Waals surface area contributed by atoms with Gasteiger partial charge in [0.05, 0.1) is 0 Å². The zero-order chi connectivity index (χ0) is 16.6. The summed E-state index contributed by atoms with van der Waals surface area (Å²) in [6, 6.07) is 0. The van der Waals surface area contributed by atoms with Crippen molar-refractivity contribution >= 4 is 32.9 Å². The lowest BCUT2D eigenvalue weighted by Crippen LogP contribution is -1.85. The number of hydrogen-bond acceptors (Lipinski definition) is 5. The van der Waals surface area contributed by atoms with Gasteiger partial charge in [0, 0.05) is 12.2 Å². The first-order valence-electron chi connectivity index (χ1n) is 9.48. The molecular formula is C18H34N2S3. The molecule has 2 nitrogen and oxygen atoms in total. The minimum atomic E-state index is 1.12. The van der Waals surface area contributed by atoms with Gasteiger partial charge in [0.1, 0.15) is 5.01 Å². The standard InChI is InChI=1S/C18H34N2S3/c1-3-5-7-9-11-13-15-17-19-20-18(22-17)23-21-16-14-12-10-8-6-4-2/h3-16H2,1-2H3. The quantitative estimate of drug-likeness (QED) is 0.220. The molecule has 0 N–H and O–H groups in total. The average molecular weight is 375 g/mol. The highest BCUT2D eigenvalue weighted by Gasteiger charge is 2.05. The minimum absolute atomic E-state index is 1.12. The van der Waals surface area contributed by atoms with Crippen molar-refractivity contribution in [3.63, 3.8) is 0 Å². The summed E-state index contributed by atoms with van der Waals surface area (Å²) in [6.45, 7) is 4.54. The maximum Gasteiger partial charge on any atom is 0.184 e. The maximum absolute atomic E-state index is 4.33. The van der Waals surface area contributed by atoms with Crippen molar-refractivity contribution < 1.29 is 0 Å². The van der Waals surface area contributed by atoms with E-state index < -0.39 is 0 Å². The van der Waals surface area contributed by atoms with E-state index in [2.05, 4.69) is 24.0 Å². The lowest BCUT2D eigenvalue weighted by atomic mass is 10.1. The molecule has 1 aromatic rings. The summed E-state index contributed by atoms with van der Waals surface area (Å²) in [5.74, 6) is 1.24. The first kappa shape index (κ1) is 21.3. The van der Waals surface area contributed by atoms with Crippen molar-refractivity contribution in [1.82, 2.24) is 10.2 Å². The van der Waals surface area contributed by atoms with Crippen molar-refractivity contribution in [3.05, 3.63) is 5.01 Å². The number of aryl methyl sites for hydroxylation is 1. The van der Waals surface area contributed by atoms with Crippen LogP contribution in [0.25, 0.3) is 0 Å². The zero-order valence-corrected chi connectivity index (χ0v) is 17.5. The van der Waals surface area contributed by atoms with Crippen molar-refractivity contribution in [2.75, 3.05) is 5.75 Å². The van der Waals surface area contributed by atoms with E-state index in [4.69, 9.17) is 0 Å². The van der Waals surface area contributed by atoms with Crippen LogP contribution in [0.1, 0.15) is 95.9 Å². The van der Waals surface area contributed by atoms with E-state index >= 15 is 0 Å². The van der Waals surface area contributed by atoms with Gasteiger partial charge in [-0.15, -0.1) is 10.2 Å². The highest BCUT2D eigenvalue weighted by Crippen LogP contribution is 2.34. The normalized spacial score (nSPS) is 11.2. The van der Waals surface area contributed by atoms with Gasteiger partial charge in [0.15, 0.2) is 4.34 Å². The fraction of sp³-hybridized carbons (Fsp3) is 0.889. The monoisotopic (exact) mass is 374 g/mol. The van der Waals surface area contributed by atoms with Gasteiger partial charge in [-0.05, 0) is 23.6 Å². The van der Waals surface area contributed by atoms with Crippen molar-refractivity contribution in [1.29, 1.82) is 0 Å². The second-order valence-corrected chi connectivity index (χ2v) is 9.88. The topological polar surface area (TPSA) is 25.8 Å². The van der Waals surface area contributed by atoms with E-state index in [-0.39, 0.29) is 0 Å². The molecular weight excluding hydrogens is 340 g/mol. The number of nitrogens with zero attached hydrogens (tertiary/aromatic N) is 2. The van der Waals surface area contributed by atoms with Crippen LogP contribution in [0.15, 0.2) is 4.34 Å². The Morgan fingerprint density at radius 3 is 2.04 bits per heavy atom. The molecule has 0 aliphatic rings. The van der Waals surface area contributed by atoms with Crippen molar-refractivity contribution in [2.45, 2.75) is 102 Å². The molecule has 0 spiro atoms. The van der Waals surface area contributed by atoms with Crippen LogP contribution in [0, 0.1) is 0 Å². The Bertz CT molecular complexity index is 369. The van der Waals surface area contributed by atoms with Crippen LogP contribution < -0.4 is 0 Å². The van der Waals surface area contributed by atoms with E-state index in [9.17, 15) is 0 Å². The third-order valence-corrected chi connectivity index (χ3v) is 7.62. The Hall–Kier alpha value is 0.260. The van der Waals surface area contributed by atoms with E-state index in [1.54, 1.807) is 11.3 Å². The summed E-state index contributed by atoms with van der Waals surface area (Å²) in [7, 11) is 3.77. The fourth-order valence-corrected chi connectivity index (χ4v) is 5.82. The SMILES string of the molecule is CCCCCCCCSSc1nnc(CCCCCCCC)s1. The molecule has 0 aliphatic heterocycles. The van der Waals surface area contributed by atoms with Crippen LogP contribution in [0.3, 0.4) is 0 Å². The fourth-order valence-electron chi connectivity index (χ4n) is 2.46. The second-order valence-electron chi connectivity index (χ2n) is 6.15. The Morgan fingerprint density at radius 1 is 0.739 bits per heavy atom. The largest absolute Gasteiger partial charge is 0.184 e. The molecule has 0 amide bonds. The van der Waals surface area contributed by atoms with E-state index in [1.807, 2.05) is 21.6 Å². The van der Waals surface area contributed by atoms with Crippen LogP contribution in [0.4, 0.5) is 0 Å². The first-order chi connectivity index (χ1) is 11.4. The van der Waals surface area contributed by atoms with Gasteiger partial charge in [-0.1, -0.05) is 100 Å². The molecule has 1 heterocycles. The average Bonchev–Trinajstić information content (AvgIpc) is 3.01. The third-order valence-electron chi connectivity index (χ3n) is 3.90. The van der Waals surface area contributed by atoms with E-state index in [0.717, 1.165) is 10.8 Å². The molecule has 0 aliphatic carbocycles. The molecule has 1 rings (SSSR count). The Kier molecular flexibility index (Phi) is 14.6. The molecule has 0 saturated heterocycles. The number of hydrogen-bond donors (Lipinski definition) is 0. The summed E-state index contributed by atoms with van der Waals surface area (Å²) in [4.78, 5) is 0. The van der Waals surface area contributed by atoms with Gasteiger partial charge in [0.2, 0.25) is 0 Å². The van der Waals surface area contributed by atoms with Gasteiger partial charge in [0.25, 0.3) is 0 Å². The van der Waals surface area contributed by atoms with Gasteiger partial charge >= 0.3 is 0 Å². The highest BCUT2D eigenvalue weighted by molar-refractivity contribution is 8.77. The second kappa shape index (κ2) is 15.8. The van der Waals surface area contributed by atoms with Crippen LogP contribution >= 0.6 is 32.9 Å². The van der Waals surface area contributed by atoms with Crippen molar-refractivity contribution in [2.24, 2.45) is 0 Å². The summed E-state index contributed by atoms with van der Waals surface area (Å²) >= 11 is 1.80. The summed E-state index contributed by atoms with van der Waals surface area (Å²) in [5.41, 5.74) is 0. The van der Waals surface area contributed by atoms with Crippen LogP contribution in [-0.2, 0) is 6.42 Å². The summed E-state index contributed by atoms with van der Waals surface area (Å²) in [5, 5.41) is 9.87. The Morgan fingerprint density at radius 2 is 1.35 bits per heavy atom. The Balaban J connectivity index is 1.96. The molecule has 0 unspecified atom stereocenters. The lowest BCUT2D eigenvalue weighted by molar-refractivity contribution is 0.606.